The molecule has 0 saturated heterocycles. The number of H-pyrrole nitrogens is 1. The summed E-state index contributed by atoms with van der Waals surface area (Å²) >= 11 is 0. The first-order valence-electron chi connectivity index (χ1n) is 10.2. The Balaban J connectivity index is 0.00000289. The fraction of sp³-hybridized carbons (Fsp3) is 0.167. The van der Waals surface area contributed by atoms with Gasteiger partial charge in [-0.25, -0.2) is 0 Å². The highest BCUT2D eigenvalue weighted by atomic mass is 127. The van der Waals surface area contributed by atoms with Crippen molar-refractivity contribution in [3.8, 4) is 0 Å². The van der Waals surface area contributed by atoms with Gasteiger partial charge in [-0.1, -0.05) is 30.3 Å². The number of anilines is 1. The number of benzene rings is 2. The number of halogens is 1. The van der Waals surface area contributed by atoms with E-state index in [0.717, 1.165) is 30.0 Å². The Hall–Kier alpha value is -3.27. The molecule has 0 atom stereocenters. The maximum Gasteiger partial charge on any atom is 0.291 e. The average molecular weight is 543 g/mol. The van der Waals surface area contributed by atoms with Gasteiger partial charge in [0.05, 0.1) is 6.26 Å². The molecule has 4 aromatic rings. The predicted octanol–water partition coefficient (Wildman–Crippen LogP) is 4.54. The van der Waals surface area contributed by atoms with Crippen molar-refractivity contribution in [2.75, 3.05) is 18.9 Å². The van der Waals surface area contributed by atoms with Crippen LogP contribution in [0.1, 0.15) is 21.7 Å². The number of rotatable bonds is 7. The lowest BCUT2D eigenvalue weighted by Gasteiger charge is -2.12. The molecule has 1 amide bonds. The molecule has 2 aromatic carbocycles. The standard InChI is InChI=1S/C24H25N5O2.HI/c1-25-24(26-13-12-18-16-27-21-6-3-2-5-20(18)21)28-15-17-8-10-19(11-9-17)29-23(30)22-7-4-14-31-22;/h2-11,14,16,27H,12-13,15H2,1H3,(H,29,30)(H2,25,26,28);1H. The van der Waals surface area contributed by atoms with E-state index in [2.05, 4.69) is 50.3 Å². The van der Waals surface area contributed by atoms with Crippen LogP contribution in [0.25, 0.3) is 10.9 Å². The summed E-state index contributed by atoms with van der Waals surface area (Å²) in [6.45, 7) is 1.40. The van der Waals surface area contributed by atoms with Crippen LogP contribution in [0, 0.1) is 0 Å². The van der Waals surface area contributed by atoms with Gasteiger partial charge in [-0.2, -0.15) is 0 Å². The second kappa shape index (κ2) is 11.4. The number of aromatic amines is 1. The minimum absolute atomic E-state index is 0. The van der Waals surface area contributed by atoms with Gasteiger partial charge in [0, 0.05) is 42.9 Å². The minimum atomic E-state index is -0.268. The number of aliphatic imine (C=N–C) groups is 1. The first kappa shape index (κ1) is 23.4. The Kier molecular flexibility index (Phi) is 8.32. The van der Waals surface area contributed by atoms with Crippen LogP contribution in [-0.2, 0) is 13.0 Å². The van der Waals surface area contributed by atoms with Gasteiger partial charge < -0.3 is 25.4 Å². The van der Waals surface area contributed by atoms with Crippen LogP contribution in [0.4, 0.5) is 5.69 Å². The zero-order valence-electron chi connectivity index (χ0n) is 17.7. The summed E-state index contributed by atoms with van der Waals surface area (Å²) in [4.78, 5) is 19.6. The third-order valence-corrected chi connectivity index (χ3v) is 5.00. The number of hydrogen-bond acceptors (Lipinski definition) is 3. The largest absolute Gasteiger partial charge is 0.459 e. The fourth-order valence-corrected chi connectivity index (χ4v) is 3.37. The predicted molar refractivity (Wildman–Crippen MR) is 139 cm³/mol. The summed E-state index contributed by atoms with van der Waals surface area (Å²) in [5.74, 6) is 0.763. The number of guanidine groups is 1. The molecule has 2 aromatic heterocycles. The molecule has 0 aliphatic carbocycles. The van der Waals surface area contributed by atoms with Gasteiger partial charge in [-0.3, -0.25) is 9.79 Å². The van der Waals surface area contributed by atoms with Crippen LogP contribution in [-0.4, -0.2) is 30.4 Å². The Labute approximate surface area is 203 Å². The summed E-state index contributed by atoms with van der Waals surface area (Å²) in [6, 6.07) is 19.3. The molecule has 8 heteroatoms. The normalized spacial score (nSPS) is 11.1. The van der Waals surface area contributed by atoms with Crippen LogP contribution >= 0.6 is 24.0 Å². The van der Waals surface area contributed by atoms with Crippen LogP contribution in [0.3, 0.4) is 0 Å². The lowest BCUT2D eigenvalue weighted by molar-refractivity contribution is 0.0996. The number of hydrogen-bond donors (Lipinski definition) is 4. The molecule has 166 valence electrons. The molecule has 0 saturated carbocycles. The van der Waals surface area contributed by atoms with Gasteiger partial charge in [0.25, 0.3) is 5.91 Å². The van der Waals surface area contributed by atoms with Crippen LogP contribution in [0.15, 0.2) is 82.5 Å². The SMILES string of the molecule is CN=C(NCCc1c[nH]c2ccccc12)NCc1ccc(NC(=O)c2ccco2)cc1.I. The van der Waals surface area contributed by atoms with E-state index in [9.17, 15) is 4.79 Å². The summed E-state index contributed by atoms with van der Waals surface area (Å²) in [5, 5.41) is 10.7. The van der Waals surface area contributed by atoms with E-state index in [1.807, 2.05) is 30.3 Å². The first-order valence-corrected chi connectivity index (χ1v) is 10.2. The lowest BCUT2D eigenvalue weighted by atomic mass is 10.1. The fourth-order valence-electron chi connectivity index (χ4n) is 3.37. The molecule has 0 unspecified atom stereocenters. The van der Waals surface area contributed by atoms with Crippen LogP contribution in [0.5, 0.6) is 0 Å². The van der Waals surface area contributed by atoms with Gasteiger partial charge >= 0.3 is 0 Å². The number of amides is 1. The lowest BCUT2D eigenvalue weighted by Crippen LogP contribution is -2.37. The maximum atomic E-state index is 12.0. The van der Waals surface area contributed by atoms with Crippen molar-refractivity contribution in [3.63, 3.8) is 0 Å². The van der Waals surface area contributed by atoms with Crippen LogP contribution in [0.2, 0.25) is 0 Å². The van der Waals surface area contributed by atoms with Gasteiger partial charge in [0.1, 0.15) is 0 Å². The molecule has 7 nitrogen and oxygen atoms in total. The maximum absolute atomic E-state index is 12.0. The molecule has 0 aliphatic heterocycles. The highest BCUT2D eigenvalue weighted by Gasteiger charge is 2.08. The number of nitrogens with one attached hydrogen (secondary N) is 4. The molecule has 0 spiro atoms. The van der Waals surface area contributed by atoms with Gasteiger partial charge in [-0.05, 0) is 47.9 Å². The van der Waals surface area contributed by atoms with E-state index < -0.39 is 0 Å². The molecule has 4 N–H and O–H groups in total. The van der Waals surface area contributed by atoms with Crippen molar-refractivity contribution in [2.45, 2.75) is 13.0 Å². The topological polar surface area (TPSA) is 94.5 Å². The number of para-hydroxylation sites is 1. The summed E-state index contributed by atoms with van der Waals surface area (Å²) in [7, 11) is 1.76. The Morgan fingerprint density at radius 3 is 2.59 bits per heavy atom. The molecule has 0 aliphatic rings. The third kappa shape index (κ3) is 5.91. The first-order chi connectivity index (χ1) is 15.2. The van der Waals surface area contributed by atoms with Gasteiger partial charge in [0.15, 0.2) is 11.7 Å². The monoisotopic (exact) mass is 543 g/mol. The minimum Gasteiger partial charge on any atom is -0.459 e. The van der Waals surface area contributed by atoms with E-state index in [0.29, 0.717) is 12.2 Å². The van der Waals surface area contributed by atoms with Crippen molar-refractivity contribution in [1.29, 1.82) is 0 Å². The van der Waals surface area contributed by atoms with E-state index in [1.54, 1.807) is 19.2 Å². The van der Waals surface area contributed by atoms with Crippen molar-refractivity contribution in [1.82, 2.24) is 15.6 Å². The smallest absolute Gasteiger partial charge is 0.291 e. The Bertz CT molecular complexity index is 1170. The van der Waals surface area contributed by atoms with E-state index in [4.69, 9.17) is 4.42 Å². The van der Waals surface area contributed by atoms with E-state index >= 15 is 0 Å². The average Bonchev–Trinajstić information content (AvgIpc) is 3.48. The number of carbonyl (C=O) groups is 1. The number of nitrogens with zero attached hydrogens (tertiary/aromatic N) is 1. The Morgan fingerprint density at radius 1 is 1.03 bits per heavy atom. The quantitative estimate of drug-likeness (QED) is 0.157. The van der Waals surface area contributed by atoms with Gasteiger partial charge in [0.2, 0.25) is 0 Å². The van der Waals surface area contributed by atoms with Crippen molar-refractivity contribution >= 4 is 52.4 Å². The number of fused-ring (bicyclic) bond motifs is 1. The third-order valence-electron chi connectivity index (χ3n) is 5.00. The zero-order chi connectivity index (χ0) is 21.5. The number of carbonyl (C=O) groups excluding carboxylic acids is 1. The van der Waals surface area contributed by atoms with E-state index in [1.165, 1.54) is 17.2 Å². The van der Waals surface area contributed by atoms with Crippen molar-refractivity contribution in [2.24, 2.45) is 4.99 Å². The molecule has 2 heterocycles. The zero-order valence-corrected chi connectivity index (χ0v) is 20.1. The second-order valence-corrected chi connectivity index (χ2v) is 7.09. The second-order valence-electron chi connectivity index (χ2n) is 7.09. The van der Waals surface area contributed by atoms with E-state index in [-0.39, 0.29) is 35.6 Å². The molecule has 0 radical (unpaired) electrons. The highest BCUT2D eigenvalue weighted by molar-refractivity contribution is 14.0. The highest BCUT2D eigenvalue weighted by Crippen LogP contribution is 2.17. The van der Waals surface area contributed by atoms with Crippen LogP contribution < -0.4 is 16.0 Å². The van der Waals surface area contributed by atoms with Crippen molar-refractivity contribution < 1.29 is 9.21 Å². The molecule has 32 heavy (non-hydrogen) atoms. The number of aromatic nitrogens is 1. The number of furan rings is 1. The molecule has 0 bridgehead atoms. The molecular formula is C24H26IN5O2. The molecule has 0 fully saturated rings. The summed E-state index contributed by atoms with van der Waals surface area (Å²) in [6.07, 6.45) is 4.44. The Morgan fingerprint density at radius 2 is 1.84 bits per heavy atom. The summed E-state index contributed by atoms with van der Waals surface area (Å²) in [5.41, 5.74) is 4.23. The summed E-state index contributed by atoms with van der Waals surface area (Å²) < 4.78 is 5.10. The van der Waals surface area contributed by atoms with Crippen molar-refractivity contribution in [3.05, 3.63) is 90.0 Å². The van der Waals surface area contributed by atoms with Gasteiger partial charge in [-0.15, -0.1) is 24.0 Å². The molecule has 4 rings (SSSR count). The molecular weight excluding hydrogens is 517 g/mol.